The molecule has 29 heavy (non-hydrogen) atoms. The van der Waals surface area contributed by atoms with E-state index in [0.29, 0.717) is 17.8 Å². The third kappa shape index (κ3) is 3.53. The Bertz CT molecular complexity index is 1110. The van der Waals surface area contributed by atoms with E-state index in [1.54, 1.807) is 29.2 Å². The molecule has 0 spiro atoms. The number of anilines is 2. The summed E-state index contributed by atoms with van der Waals surface area (Å²) in [6, 6.07) is 19.2. The van der Waals surface area contributed by atoms with Crippen LogP contribution in [-0.2, 0) is 10.0 Å². The van der Waals surface area contributed by atoms with Crippen molar-refractivity contribution >= 4 is 27.3 Å². The number of para-hydroxylation sites is 2. The molecule has 0 saturated carbocycles. The van der Waals surface area contributed by atoms with Gasteiger partial charge in [-0.2, -0.15) is 0 Å². The second-order valence-electron chi connectivity index (χ2n) is 7.21. The van der Waals surface area contributed by atoms with Gasteiger partial charge in [0, 0.05) is 11.7 Å². The van der Waals surface area contributed by atoms with Crippen molar-refractivity contribution in [1.82, 2.24) is 0 Å². The molecule has 2 aromatic carbocycles. The van der Waals surface area contributed by atoms with Crippen molar-refractivity contribution in [3.05, 3.63) is 84.3 Å². The molecular formula is C22H22N2O4S. The lowest BCUT2D eigenvalue weighted by molar-refractivity contribution is 0.0947. The average molecular weight is 410 g/mol. The summed E-state index contributed by atoms with van der Waals surface area (Å²) in [4.78, 5) is 14.8. The Hall–Kier alpha value is -3.06. The highest BCUT2D eigenvalue weighted by Crippen LogP contribution is 2.43. The molecule has 2 atom stereocenters. The molecule has 0 aliphatic carbocycles. The summed E-state index contributed by atoms with van der Waals surface area (Å²) in [7, 11) is -3.55. The highest BCUT2D eigenvalue weighted by molar-refractivity contribution is 7.92. The van der Waals surface area contributed by atoms with Gasteiger partial charge in [0.25, 0.3) is 5.91 Å². The van der Waals surface area contributed by atoms with E-state index in [-0.39, 0.29) is 17.7 Å². The molecule has 1 amide bonds. The summed E-state index contributed by atoms with van der Waals surface area (Å²) in [5.74, 6) is 0.0205. The first kappa shape index (κ1) is 19.3. The summed E-state index contributed by atoms with van der Waals surface area (Å²) in [6.07, 6.45) is 3.15. The zero-order chi connectivity index (χ0) is 20.6. The first-order chi connectivity index (χ1) is 13.9. The topological polar surface area (TPSA) is 70.8 Å². The van der Waals surface area contributed by atoms with Crippen molar-refractivity contribution < 1.29 is 17.6 Å². The van der Waals surface area contributed by atoms with Gasteiger partial charge in [-0.25, -0.2) is 8.42 Å². The number of furan rings is 1. The second-order valence-corrected chi connectivity index (χ2v) is 9.07. The van der Waals surface area contributed by atoms with Crippen molar-refractivity contribution in [2.75, 3.05) is 15.5 Å². The van der Waals surface area contributed by atoms with Gasteiger partial charge in [0.1, 0.15) is 0 Å². The van der Waals surface area contributed by atoms with E-state index in [2.05, 4.69) is 0 Å². The molecule has 2 heterocycles. The number of amides is 1. The van der Waals surface area contributed by atoms with Crippen molar-refractivity contribution in [3.63, 3.8) is 0 Å². The Kier molecular flexibility index (Phi) is 4.92. The van der Waals surface area contributed by atoms with Crippen LogP contribution in [0.5, 0.6) is 0 Å². The average Bonchev–Trinajstić information content (AvgIpc) is 3.22. The van der Waals surface area contributed by atoms with Crippen LogP contribution in [0.3, 0.4) is 0 Å². The van der Waals surface area contributed by atoms with Crippen LogP contribution in [0.4, 0.5) is 11.4 Å². The number of carbonyl (C=O) groups is 1. The number of hydrogen-bond acceptors (Lipinski definition) is 4. The minimum Gasteiger partial charge on any atom is -0.459 e. The van der Waals surface area contributed by atoms with Gasteiger partial charge in [-0.05, 0) is 49.2 Å². The summed E-state index contributed by atoms with van der Waals surface area (Å²) in [5.41, 5.74) is 2.09. The number of sulfonamides is 1. The summed E-state index contributed by atoms with van der Waals surface area (Å²) in [6.45, 7) is 1.93. The quantitative estimate of drug-likeness (QED) is 0.645. The van der Waals surface area contributed by atoms with Crippen LogP contribution >= 0.6 is 0 Å². The van der Waals surface area contributed by atoms with E-state index in [4.69, 9.17) is 4.42 Å². The predicted octanol–water partition coefficient (Wildman–Crippen LogP) is 4.23. The molecule has 3 aromatic rings. The van der Waals surface area contributed by atoms with E-state index in [1.165, 1.54) is 16.8 Å². The molecule has 0 bridgehead atoms. The molecule has 7 heteroatoms. The lowest BCUT2D eigenvalue weighted by Gasteiger charge is -2.43. The van der Waals surface area contributed by atoms with Gasteiger partial charge in [-0.3, -0.25) is 9.10 Å². The molecule has 0 radical (unpaired) electrons. The molecule has 6 nitrogen and oxygen atoms in total. The van der Waals surface area contributed by atoms with Crippen LogP contribution < -0.4 is 9.21 Å². The molecule has 0 N–H and O–H groups in total. The molecule has 1 aliphatic heterocycles. The monoisotopic (exact) mass is 410 g/mol. The highest BCUT2D eigenvalue weighted by Gasteiger charge is 2.40. The highest BCUT2D eigenvalue weighted by atomic mass is 32.2. The van der Waals surface area contributed by atoms with Crippen molar-refractivity contribution in [3.8, 4) is 0 Å². The minimum absolute atomic E-state index is 0.222. The molecule has 1 aliphatic rings. The number of rotatable bonds is 4. The fraction of sp³-hybridized carbons (Fsp3) is 0.227. The zero-order valence-electron chi connectivity index (χ0n) is 16.2. The van der Waals surface area contributed by atoms with E-state index in [0.717, 1.165) is 5.56 Å². The van der Waals surface area contributed by atoms with Gasteiger partial charge >= 0.3 is 0 Å². The molecule has 0 saturated heterocycles. The van der Waals surface area contributed by atoms with E-state index < -0.39 is 16.1 Å². The summed E-state index contributed by atoms with van der Waals surface area (Å²) >= 11 is 0. The number of hydrogen-bond donors (Lipinski definition) is 0. The van der Waals surface area contributed by atoms with Crippen LogP contribution in [0, 0.1) is 0 Å². The smallest absolute Gasteiger partial charge is 0.294 e. The van der Waals surface area contributed by atoms with Gasteiger partial charge in [-0.1, -0.05) is 36.4 Å². The van der Waals surface area contributed by atoms with Gasteiger partial charge in [0.15, 0.2) is 5.76 Å². The predicted molar refractivity (Wildman–Crippen MR) is 113 cm³/mol. The lowest BCUT2D eigenvalue weighted by Crippen LogP contribution is -2.47. The fourth-order valence-corrected chi connectivity index (χ4v) is 5.18. The first-order valence-corrected chi connectivity index (χ1v) is 11.2. The van der Waals surface area contributed by atoms with Crippen LogP contribution in [0.1, 0.15) is 35.5 Å². The molecule has 150 valence electrons. The van der Waals surface area contributed by atoms with Gasteiger partial charge in [-0.15, -0.1) is 0 Å². The van der Waals surface area contributed by atoms with Crippen LogP contribution in [0.15, 0.2) is 77.4 Å². The Balaban J connectivity index is 1.83. The van der Waals surface area contributed by atoms with Gasteiger partial charge in [0.2, 0.25) is 10.0 Å². The molecular weight excluding hydrogens is 388 g/mol. The van der Waals surface area contributed by atoms with E-state index in [9.17, 15) is 13.2 Å². The lowest BCUT2D eigenvalue weighted by atomic mass is 9.91. The SMILES string of the molecule is CC1CC(N(c2ccccc2)S(C)(=O)=O)c2ccccc2N1C(=O)c1ccco1. The van der Waals surface area contributed by atoms with Crippen LogP contribution in [0.25, 0.3) is 0 Å². The summed E-state index contributed by atoms with van der Waals surface area (Å²) in [5, 5.41) is 0. The zero-order valence-corrected chi connectivity index (χ0v) is 17.0. The fourth-order valence-electron chi connectivity index (χ4n) is 4.01. The van der Waals surface area contributed by atoms with Crippen molar-refractivity contribution in [2.24, 2.45) is 0 Å². The van der Waals surface area contributed by atoms with Crippen LogP contribution in [0.2, 0.25) is 0 Å². The second kappa shape index (κ2) is 7.40. The Morgan fingerprint density at radius 2 is 1.72 bits per heavy atom. The Labute approximate surface area is 170 Å². The maximum Gasteiger partial charge on any atom is 0.294 e. The largest absolute Gasteiger partial charge is 0.459 e. The molecule has 4 rings (SSSR count). The normalized spacial score (nSPS) is 18.9. The number of benzene rings is 2. The molecule has 2 unspecified atom stereocenters. The van der Waals surface area contributed by atoms with Crippen molar-refractivity contribution in [1.29, 1.82) is 0 Å². The Morgan fingerprint density at radius 1 is 1.03 bits per heavy atom. The van der Waals surface area contributed by atoms with Crippen molar-refractivity contribution in [2.45, 2.75) is 25.4 Å². The van der Waals surface area contributed by atoms with Crippen LogP contribution in [-0.4, -0.2) is 26.6 Å². The molecule has 0 fully saturated rings. The van der Waals surface area contributed by atoms with Gasteiger partial charge in [0.05, 0.1) is 24.2 Å². The maximum absolute atomic E-state index is 13.1. The third-order valence-electron chi connectivity index (χ3n) is 5.16. The number of fused-ring (bicyclic) bond motifs is 1. The summed E-state index contributed by atoms with van der Waals surface area (Å²) < 4.78 is 32.3. The maximum atomic E-state index is 13.1. The minimum atomic E-state index is -3.55. The number of nitrogens with zero attached hydrogens (tertiary/aromatic N) is 2. The number of carbonyl (C=O) groups excluding carboxylic acids is 1. The molecule has 1 aromatic heterocycles. The standard InChI is InChI=1S/C22H22N2O4S/c1-16-15-20(24(29(2,26)27)17-9-4-3-5-10-17)18-11-6-7-12-19(18)23(16)22(25)21-13-8-14-28-21/h3-14,16,20H,15H2,1-2H3. The van der Waals surface area contributed by atoms with E-state index >= 15 is 0 Å². The van der Waals surface area contributed by atoms with E-state index in [1.807, 2.05) is 49.4 Å². The van der Waals surface area contributed by atoms with Gasteiger partial charge < -0.3 is 9.32 Å². The first-order valence-electron chi connectivity index (χ1n) is 9.38. The Morgan fingerprint density at radius 3 is 2.38 bits per heavy atom. The third-order valence-corrected chi connectivity index (χ3v) is 6.34.